The van der Waals surface area contributed by atoms with Crippen LogP contribution < -0.4 is 5.32 Å². The molecule has 5 nitrogen and oxygen atoms in total. The van der Waals surface area contributed by atoms with Gasteiger partial charge in [0.15, 0.2) is 0 Å². The lowest BCUT2D eigenvalue weighted by Gasteiger charge is -2.12. The minimum atomic E-state index is -0.242. The molecule has 0 radical (unpaired) electrons. The Morgan fingerprint density at radius 3 is 2.78 bits per heavy atom. The zero-order valence-electron chi connectivity index (χ0n) is 13.1. The molecule has 0 amide bonds. The highest BCUT2D eigenvalue weighted by atomic mass is 19.1. The van der Waals surface area contributed by atoms with E-state index in [-0.39, 0.29) is 5.82 Å². The first kappa shape index (κ1) is 15.4. The van der Waals surface area contributed by atoms with Gasteiger partial charge in [0.05, 0.1) is 11.9 Å². The van der Waals surface area contributed by atoms with Crippen LogP contribution in [0.4, 0.5) is 4.39 Å². The average Bonchev–Trinajstić information content (AvgIpc) is 3.23. The largest absolute Gasteiger partial charge is 0.310 e. The van der Waals surface area contributed by atoms with Gasteiger partial charge in [0.1, 0.15) is 5.82 Å². The fourth-order valence-corrected chi connectivity index (χ4v) is 2.34. The number of hydrogen-bond donors (Lipinski definition) is 1. The topological polar surface area (TPSA) is 47.7 Å². The zero-order valence-corrected chi connectivity index (χ0v) is 13.1. The van der Waals surface area contributed by atoms with Crippen molar-refractivity contribution < 1.29 is 4.39 Å². The Morgan fingerprint density at radius 1 is 1.22 bits per heavy atom. The summed E-state index contributed by atoms with van der Waals surface area (Å²) >= 11 is 0. The summed E-state index contributed by atoms with van der Waals surface area (Å²) in [6, 6.07) is 8.62. The van der Waals surface area contributed by atoms with Crippen molar-refractivity contribution in [2.24, 2.45) is 0 Å². The number of aromatic nitrogens is 4. The summed E-state index contributed by atoms with van der Waals surface area (Å²) in [7, 11) is 0. The molecule has 0 saturated carbocycles. The van der Waals surface area contributed by atoms with Crippen molar-refractivity contribution in [2.75, 3.05) is 0 Å². The molecule has 0 aliphatic carbocycles. The van der Waals surface area contributed by atoms with Gasteiger partial charge in [0, 0.05) is 43.3 Å². The predicted molar refractivity (Wildman–Crippen MR) is 86.7 cm³/mol. The lowest BCUT2D eigenvalue weighted by atomic mass is 10.2. The summed E-state index contributed by atoms with van der Waals surface area (Å²) in [6.07, 6.45) is 8.56. The second-order valence-electron chi connectivity index (χ2n) is 5.61. The molecule has 1 N–H and O–H groups in total. The van der Waals surface area contributed by atoms with E-state index in [1.165, 1.54) is 12.1 Å². The van der Waals surface area contributed by atoms with Crippen LogP contribution >= 0.6 is 0 Å². The Kier molecular flexibility index (Phi) is 4.83. The summed E-state index contributed by atoms with van der Waals surface area (Å²) in [5, 5.41) is 12.0. The van der Waals surface area contributed by atoms with Crippen LogP contribution in [0.15, 0.2) is 55.1 Å². The van der Waals surface area contributed by atoms with Crippen LogP contribution in [-0.4, -0.2) is 25.6 Å². The number of nitrogens with one attached hydrogen (secondary N) is 1. The first-order valence-electron chi connectivity index (χ1n) is 7.71. The number of halogens is 1. The second kappa shape index (κ2) is 7.19. The second-order valence-corrected chi connectivity index (χ2v) is 5.61. The maximum absolute atomic E-state index is 12.9. The molecule has 0 spiro atoms. The van der Waals surface area contributed by atoms with Crippen LogP contribution in [0.1, 0.15) is 18.9 Å². The van der Waals surface area contributed by atoms with Crippen LogP contribution in [0.25, 0.3) is 5.69 Å². The lowest BCUT2D eigenvalue weighted by molar-refractivity contribution is 0.458. The van der Waals surface area contributed by atoms with Gasteiger partial charge in [-0.2, -0.15) is 10.2 Å². The molecule has 0 bridgehead atoms. The highest BCUT2D eigenvalue weighted by molar-refractivity contribution is 5.31. The van der Waals surface area contributed by atoms with Gasteiger partial charge in [0.25, 0.3) is 0 Å². The molecule has 1 atom stereocenters. The molecule has 2 heterocycles. The van der Waals surface area contributed by atoms with E-state index in [0.717, 1.165) is 30.8 Å². The third-order valence-electron chi connectivity index (χ3n) is 3.73. The zero-order chi connectivity index (χ0) is 16.1. The molecule has 23 heavy (non-hydrogen) atoms. The first-order valence-corrected chi connectivity index (χ1v) is 7.71. The highest BCUT2D eigenvalue weighted by Gasteiger charge is 2.05. The SMILES string of the molecule is C[C@H](CCn1cccn1)NCc1cnn(-c2ccc(F)cc2)c1. The van der Waals surface area contributed by atoms with Gasteiger partial charge in [0.2, 0.25) is 0 Å². The Bertz CT molecular complexity index is 718. The maximum Gasteiger partial charge on any atom is 0.123 e. The summed E-state index contributed by atoms with van der Waals surface area (Å²) in [4.78, 5) is 0. The standard InChI is InChI=1S/C17H20FN5/c1-14(7-10-22-9-2-8-20-22)19-11-15-12-21-23(13-15)17-5-3-16(18)4-6-17/h2-6,8-9,12-14,19H,7,10-11H2,1H3/t14-/m1/s1. The lowest BCUT2D eigenvalue weighted by Crippen LogP contribution is -2.26. The van der Waals surface area contributed by atoms with Gasteiger partial charge in [-0.3, -0.25) is 4.68 Å². The van der Waals surface area contributed by atoms with E-state index in [9.17, 15) is 4.39 Å². The molecule has 0 aliphatic rings. The average molecular weight is 313 g/mol. The number of hydrogen-bond acceptors (Lipinski definition) is 3. The molecule has 120 valence electrons. The minimum absolute atomic E-state index is 0.242. The van der Waals surface area contributed by atoms with Crippen molar-refractivity contribution in [3.05, 3.63) is 66.5 Å². The normalized spacial score (nSPS) is 12.4. The van der Waals surface area contributed by atoms with Crippen LogP contribution in [-0.2, 0) is 13.1 Å². The molecule has 0 fully saturated rings. The fraction of sp³-hybridized carbons (Fsp3) is 0.294. The van der Waals surface area contributed by atoms with E-state index >= 15 is 0 Å². The van der Waals surface area contributed by atoms with Gasteiger partial charge in [-0.05, 0) is 43.7 Å². The van der Waals surface area contributed by atoms with E-state index < -0.39 is 0 Å². The third-order valence-corrected chi connectivity index (χ3v) is 3.73. The smallest absolute Gasteiger partial charge is 0.123 e. The van der Waals surface area contributed by atoms with Crippen molar-refractivity contribution in [2.45, 2.75) is 32.5 Å². The summed E-state index contributed by atoms with van der Waals surface area (Å²) in [5.41, 5.74) is 1.95. The van der Waals surface area contributed by atoms with Crippen molar-refractivity contribution >= 4 is 0 Å². The van der Waals surface area contributed by atoms with Crippen molar-refractivity contribution in [1.29, 1.82) is 0 Å². The van der Waals surface area contributed by atoms with Gasteiger partial charge >= 0.3 is 0 Å². The number of benzene rings is 1. The summed E-state index contributed by atoms with van der Waals surface area (Å²) in [5.74, 6) is -0.242. The molecular weight excluding hydrogens is 293 g/mol. The molecule has 0 aliphatic heterocycles. The summed E-state index contributed by atoms with van der Waals surface area (Å²) < 4.78 is 16.6. The Morgan fingerprint density at radius 2 is 2.04 bits per heavy atom. The molecule has 0 saturated heterocycles. The molecule has 3 rings (SSSR count). The highest BCUT2D eigenvalue weighted by Crippen LogP contribution is 2.09. The number of nitrogens with zero attached hydrogens (tertiary/aromatic N) is 4. The van der Waals surface area contributed by atoms with E-state index in [1.54, 1.807) is 23.0 Å². The number of rotatable bonds is 7. The monoisotopic (exact) mass is 313 g/mol. The van der Waals surface area contributed by atoms with E-state index in [0.29, 0.717) is 6.04 Å². The molecule has 6 heteroatoms. The fourth-order valence-electron chi connectivity index (χ4n) is 2.34. The van der Waals surface area contributed by atoms with Gasteiger partial charge in [-0.25, -0.2) is 9.07 Å². The minimum Gasteiger partial charge on any atom is -0.310 e. The van der Waals surface area contributed by atoms with Gasteiger partial charge < -0.3 is 5.32 Å². The third kappa shape index (κ3) is 4.26. The summed E-state index contributed by atoms with van der Waals surface area (Å²) in [6.45, 7) is 3.81. The molecule has 3 aromatic rings. The Hall–Kier alpha value is -2.47. The van der Waals surface area contributed by atoms with Crippen LogP contribution in [0, 0.1) is 5.82 Å². The molecule has 0 unspecified atom stereocenters. The molecule has 2 aromatic heterocycles. The quantitative estimate of drug-likeness (QED) is 0.729. The van der Waals surface area contributed by atoms with Crippen LogP contribution in [0.2, 0.25) is 0 Å². The Balaban J connectivity index is 1.49. The predicted octanol–water partition coefficient (Wildman–Crippen LogP) is 2.78. The van der Waals surface area contributed by atoms with E-state index in [2.05, 4.69) is 22.4 Å². The first-order chi connectivity index (χ1) is 11.2. The molecule has 1 aromatic carbocycles. The van der Waals surface area contributed by atoms with Crippen LogP contribution in [0.5, 0.6) is 0 Å². The molecular formula is C17H20FN5. The van der Waals surface area contributed by atoms with Crippen molar-refractivity contribution in [1.82, 2.24) is 24.9 Å². The Labute approximate surface area is 134 Å². The van der Waals surface area contributed by atoms with Crippen molar-refractivity contribution in [3.8, 4) is 5.69 Å². The van der Waals surface area contributed by atoms with E-state index in [4.69, 9.17) is 0 Å². The van der Waals surface area contributed by atoms with Crippen molar-refractivity contribution in [3.63, 3.8) is 0 Å². The maximum atomic E-state index is 12.9. The van der Waals surface area contributed by atoms with Gasteiger partial charge in [-0.15, -0.1) is 0 Å². The van der Waals surface area contributed by atoms with Crippen LogP contribution in [0.3, 0.4) is 0 Å². The van der Waals surface area contributed by atoms with Gasteiger partial charge in [-0.1, -0.05) is 0 Å². The van der Waals surface area contributed by atoms with E-state index in [1.807, 2.05) is 29.3 Å². The number of aryl methyl sites for hydroxylation is 1.